The summed E-state index contributed by atoms with van der Waals surface area (Å²) in [7, 11) is 0. The van der Waals surface area contributed by atoms with E-state index in [1.54, 1.807) is 0 Å². The monoisotopic (exact) mass is 339 g/mol. The van der Waals surface area contributed by atoms with Gasteiger partial charge in [0.1, 0.15) is 5.82 Å². The number of amides is 1. The van der Waals surface area contributed by atoms with Gasteiger partial charge in [0.05, 0.1) is 0 Å². The molecule has 3 N–H and O–H groups in total. The van der Waals surface area contributed by atoms with Crippen molar-refractivity contribution < 1.29 is 4.79 Å². The van der Waals surface area contributed by atoms with E-state index >= 15 is 0 Å². The number of aryl methyl sites for hydroxylation is 2. The Hall–Kier alpha value is -2.63. The summed E-state index contributed by atoms with van der Waals surface area (Å²) in [5.41, 5.74) is 3.09. The van der Waals surface area contributed by atoms with Gasteiger partial charge in [0, 0.05) is 37.0 Å². The van der Waals surface area contributed by atoms with Gasteiger partial charge < -0.3 is 16.0 Å². The second-order valence-electron chi connectivity index (χ2n) is 6.63. The van der Waals surface area contributed by atoms with Gasteiger partial charge >= 0.3 is 0 Å². The fourth-order valence-corrected chi connectivity index (χ4v) is 2.53. The molecule has 0 saturated heterocycles. The van der Waals surface area contributed by atoms with Crippen molar-refractivity contribution in [2.75, 3.05) is 23.7 Å². The van der Waals surface area contributed by atoms with Gasteiger partial charge in [0.15, 0.2) is 0 Å². The summed E-state index contributed by atoms with van der Waals surface area (Å²) >= 11 is 0. The molecular formula is C19H25N5O. The highest BCUT2D eigenvalue weighted by molar-refractivity contribution is 5.76. The van der Waals surface area contributed by atoms with E-state index in [0.717, 1.165) is 17.2 Å². The summed E-state index contributed by atoms with van der Waals surface area (Å²) in [5, 5.41) is 9.38. The molecule has 6 nitrogen and oxygen atoms in total. The van der Waals surface area contributed by atoms with Crippen molar-refractivity contribution >= 4 is 23.4 Å². The third-order valence-corrected chi connectivity index (χ3v) is 4.08. The summed E-state index contributed by atoms with van der Waals surface area (Å²) in [4.78, 5) is 20.5. The van der Waals surface area contributed by atoms with Gasteiger partial charge in [-0.3, -0.25) is 4.79 Å². The first-order valence-corrected chi connectivity index (χ1v) is 8.78. The van der Waals surface area contributed by atoms with Crippen LogP contribution in [-0.4, -0.2) is 29.0 Å². The van der Waals surface area contributed by atoms with Crippen LogP contribution in [0.25, 0.3) is 0 Å². The van der Waals surface area contributed by atoms with E-state index in [0.29, 0.717) is 31.4 Å². The van der Waals surface area contributed by atoms with Crippen LogP contribution in [0.15, 0.2) is 30.3 Å². The van der Waals surface area contributed by atoms with E-state index in [-0.39, 0.29) is 5.91 Å². The van der Waals surface area contributed by atoms with Crippen LogP contribution in [0.1, 0.15) is 30.5 Å². The number of hydrogen-bond acceptors (Lipinski definition) is 5. The highest BCUT2D eigenvalue weighted by atomic mass is 16.1. The zero-order valence-corrected chi connectivity index (χ0v) is 14.8. The normalized spacial score (nSPS) is 13.4. The maximum Gasteiger partial charge on any atom is 0.224 e. The summed E-state index contributed by atoms with van der Waals surface area (Å²) in [6.07, 6.45) is 3.05. The quantitative estimate of drug-likeness (QED) is 0.644. The molecule has 1 aliphatic carbocycles. The Labute approximate surface area is 148 Å². The van der Waals surface area contributed by atoms with Crippen LogP contribution in [-0.2, 0) is 4.79 Å². The van der Waals surface area contributed by atoms with Gasteiger partial charge in [0.2, 0.25) is 11.9 Å². The predicted octanol–water partition coefficient (Wildman–Crippen LogP) is 3.17. The van der Waals surface area contributed by atoms with E-state index in [9.17, 15) is 4.79 Å². The summed E-state index contributed by atoms with van der Waals surface area (Å²) in [5.74, 6) is 2.06. The highest BCUT2D eigenvalue weighted by Crippen LogP contribution is 2.31. The average Bonchev–Trinajstić information content (AvgIpc) is 3.37. The molecule has 2 aromatic rings. The first-order chi connectivity index (χ1) is 12.1. The van der Waals surface area contributed by atoms with Gasteiger partial charge in [-0.05, 0) is 44.7 Å². The Kier molecular flexibility index (Phi) is 5.48. The molecule has 132 valence electrons. The van der Waals surface area contributed by atoms with E-state index in [1.807, 2.05) is 25.1 Å². The molecular weight excluding hydrogens is 314 g/mol. The second kappa shape index (κ2) is 7.96. The smallest absolute Gasteiger partial charge is 0.224 e. The maximum atomic E-state index is 11.7. The second-order valence-corrected chi connectivity index (χ2v) is 6.63. The minimum Gasteiger partial charge on any atom is -0.354 e. The number of aromatic nitrogens is 2. The number of carbonyl (C=O) groups is 1. The first-order valence-electron chi connectivity index (χ1n) is 8.78. The lowest BCUT2D eigenvalue weighted by Gasteiger charge is -2.10. The zero-order chi connectivity index (χ0) is 17.6. The van der Waals surface area contributed by atoms with Crippen molar-refractivity contribution in [1.29, 1.82) is 0 Å². The largest absolute Gasteiger partial charge is 0.354 e. The third-order valence-electron chi connectivity index (χ3n) is 4.08. The van der Waals surface area contributed by atoms with Gasteiger partial charge in [-0.2, -0.15) is 4.98 Å². The number of nitrogens with one attached hydrogen (secondary N) is 3. The third kappa shape index (κ3) is 5.74. The molecule has 25 heavy (non-hydrogen) atoms. The molecule has 0 radical (unpaired) electrons. The van der Waals surface area contributed by atoms with Crippen LogP contribution in [0.3, 0.4) is 0 Å². The Balaban J connectivity index is 1.50. The van der Waals surface area contributed by atoms with Gasteiger partial charge in [-0.1, -0.05) is 17.7 Å². The summed E-state index contributed by atoms with van der Waals surface area (Å²) in [6, 6.07) is 10.1. The van der Waals surface area contributed by atoms with Crippen LogP contribution in [0.2, 0.25) is 0 Å². The maximum absolute atomic E-state index is 11.7. The van der Waals surface area contributed by atoms with Crippen molar-refractivity contribution in [3.63, 3.8) is 0 Å². The minimum atomic E-state index is 0.135. The zero-order valence-electron chi connectivity index (χ0n) is 14.8. The molecule has 1 aliphatic rings. The van der Waals surface area contributed by atoms with E-state index in [1.165, 1.54) is 18.4 Å². The van der Waals surface area contributed by atoms with Crippen molar-refractivity contribution in [2.24, 2.45) is 5.92 Å². The number of anilines is 3. The van der Waals surface area contributed by atoms with Crippen molar-refractivity contribution in [1.82, 2.24) is 15.3 Å². The molecule has 1 amide bonds. The lowest BCUT2D eigenvalue weighted by molar-refractivity contribution is -0.121. The van der Waals surface area contributed by atoms with Gasteiger partial charge in [-0.25, -0.2) is 4.98 Å². The lowest BCUT2D eigenvalue weighted by atomic mass is 10.2. The standard InChI is InChI=1S/C19H25N5O/c1-13-3-7-16(8-4-13)23-17-11-14(2)22-19(24-17)21-10-9-20-18(25)12-15-5-6-15/h3-4,7-8,11,15H,5-6,9-10,12H2,1-2H3,(H,20,25)(H2,21,22,23,24). The molecule has 3 rings (SSSR count). The molecule has 0 aliphatic heterocycles. The first kappa shape index (κ1) is 17.2. The van der Waals surface area contributed by atoms with Crippen LogP contribution in [0, 0.1) is 19.8 Å². The van der Waals surface area contributed by atoms with Crippen LogP contribution < -0.4 is 16.0 Å². The Bertz CT molecular complexity index is 725. The molecule has 6 heteroatoms. The molecule has 1 fully saturated rings. The molecule has 1 aromatic heterocycles. The van der Waals surface area contributed by atoms with Crippen LogP contribution in [0.4, 0.5) is 17.5 Å². The molecule has 0 bridgehead atoms. The Morgan fingerprint density at radius 1 is 1.12 bits per heavy atom. The number of benzene rings is 1. The minimum absolute atomic E-state index is 0.135. The molecule has 0 atom stereocenters. The number of nitrogens with zero attached hydrogens (tertiary/aromatic N) is 2. The van der Waals surface area contributed by atoms with E-state index in [4.69, 9.17) is 0 Å². The lowest BCUT2D eigenvalue weighted by Crippen LogP contribution is -2.29. The van der Waals surface area contributed by atoms with Crippen molar-refractivity contribution in [3.8, 4) is 0 Å². The van der Waals surface area contributed by atoms with Crippen LogP contribution >= 0.6 is 0 Å². The number of carbonyl (C=O) groups excluding carboxylic acids is 1. The Morgan fingerprint density at radius 3 is 2.60 bits per heavy atom. The van der Waals surface area contributed by atoms with Crippen LogP contribution in [0.5, 0.6) is 0 Å². The predicted molar refractivity (Wildman–Crippen MR) is 100 cm³/mol. The summed E-state index contributed by atoms with van der Waals surface area (Å²) < 4.78 is 0. The molecule has 1 aromatic carbocycles. The van der Waals surface area contributed by atoms with E-state index in [2.05, 4.69) is 45.0 Å². The topological polar surface area (TPSA) is 78.9 Å². The number of hydrogen-bond donors (Lipinski definition) is 3. The molecule has 1 heterocycles. The van der Waals surface area contributed by atoms with Gasteiger partial charge in [-0.15, -0.1) is 0 Å². The molecule has 0 unspecified atom stereocenters. The van der Waals surface area contributed by atoms with Crippen molar-refractivity contribution in [3.05, 3.63) is 41.6 Å². The molecule has 0 spiro atoms. The van der Waals surface area contributed by atoms with Crippen molar-refractivity contribution in [2.45, 2.75) is 33.1 Å². The fourth-order valence-electron chi connectivity index (χ4n) is 2.53. The van der Waals surface area contributed by atoms with E-state index < -0.39 is 0 Å². The highest BCUT2D eigenvalue weighted by Gasteiger charge is 2.23. The fraction of sp³-hybridized carbons (Fsp3) is 0.421. The van der Waals surface area contributed by atoms with Gasteiger partial charge in [0.25, 0.3) is 0 Å². The SMILES string of the molecule is Cc1ccc(Nc2cc(C)nc(NCCNC(=O)CC3CC3)n2)cc1. The number of rotatable bonds is 8. The molecule has 1 saturated carbocycles. The average molecular weight is 339 g/mol. The Morgan fingerprint density at radius 2 is 1.88 bits per heavy atom. The summed E-state index contributed by atoms with van der Waals surface area (Å²) in [6.45, 7) is 5.17.